The third-order valence-electron chi connectivity index (χ3n) is 5.64. The first-order valence-electron chi connectivity index (χ1n) is 12.2. The molecule has 1 atom stereocenters. The molecule has 6 heteroatoms. The Bertz CT molecular complexity index is 1130. The molecule has 3 aromatic rings. The Balaban J connectivity index is 1.85. The molecule has 0 saturated carbocycles. The van der Waals surface area contributed by atoms with Crippen LogP contribution in [0, 0.1) is 12.7 Å². The maximum atomic E-state index is 13.6. The van der Waals surface area contributed by atoms with Crippen molar-refractivity contribution < 1.29 is 14.0 Å². The predicted molar refractivity (Wildman–Crippen MR) is 145 cm³/mol. The minimum atomic E-state index is -0.700. The zero-order chi connectivity index (χ0) is 26.1. The normalized spacial score (nSPS) is 12.1. The molecule has 1 N–H and O–H groups in total. The number of benzene rings is 3. The van der Waals surface area contributed by atoms with Gasteiger partial charge < -0.3 is 10.2 Å². The van der Waals surface area contributed by atoms with Gasteiger partial charge in [0.1, 0.15) is 11.9 Å². The van der Waals surface area contributed by atoms with Gasteiger partial charge in [-0.1, -0.05) is 60.2 Å². The highest BCUT2D eigenvalue weighted by Gasteiger charge is 2.32. The topological polar surface area (TPSA) is 49.4 Å². The zero-order valence-electron chi connectivity index (χ0n) is 21.5. The molecule has 0 aliphatic carbocycles. The van der Waals surface area contributed by atoms with E-state index in [1.165, 1.54) is 17.7 Å². The zero-order valence-corrected chi connectivity index (χ0v) is 22.3. The number of rotatable bonds is 10. The van der Waals surface area contributed by atoms with Crippen LogP contribution in [-0.4, -0.2) is 34.0 Å². The molecule has 3 rings (SSSR count). The van der Waals surface area contributed by atoms with Crippen molar-refractivity contribution in [3.05, 3.63) is 101 Å². The minimum Gasteiger partial charge on any atom is -0.350 e. The van der Waals surface area contributed by atoms with Crippen LogP contribution in [0.4, 0.5) is 4.39 Å². The molecule has 0 saturated heterocycles. The Hall–Kier alpha value is -3.12. The average Bonchev–Trinajstić information content (AvgIpc) is 2.83. The Morgan fingerprint density at radius 1 is 0.917 bits per heavy atom. The Morgan fingerprint density at radius 2 is 1.56 bits per heavy atom. The number of amides is 2. The largest absolute Gasteiger partial charge is 0.350 e. The third kappa shape index (κ3) is 8.83. The van der Waals surface area contributed by atoms with Crippen LogP contribution in [0.2, 0.25) is 0 Å². The van der Waals surface area contributed by atoms with Gasteiger partial charge in [-0.25, -0.2) is 4.39 Å². The molecule has 0 bridgehead atoms. The highest BCUT2D eigenvalue weighted by Crippen LogP contribution is 2.22. The molecular formula is C30H35FN2O2S. The van der Waals surface area contributed by atoms with E-state index in [2.05, 4.69) is 29.6 Å². The molecule has 0 aliphatic heterocycles. The fourth-order valence-corrected chi connectivity index (χ4v) is 4.67. The third-order valence-corrected chi connectivity index (χ3v) is 6.65. The summed E-state index contributed by atoms with van der Waals surface area (Å²) in [4.78, 5) is 29.9. The van der Waals surface area contributed by atoms with Gasteiger partial charge >= 0.3 is 0 Å². The van der Waals surface area contributed by atoms with E-state index in [4.69, 9.17) is 0 Å². The second-order valence-electron chi connectivity index (χ2n) is 10.0. The van der Waals surface area contributed by atoms with E-state index in [-0.39, 0.29) is 30.6 Å². The molecule has 0 spiro atoms. The maximum absolute atomic E-state index is 13.6. The standard InChI is InChI=1S/C30H35FN2O2S/c1-22-10-16-26(17-11-22)36-19-18-28(34)33(21-24-12-14-25(31)15-13-24)27(29(35)32-30(2,3)4)20-23-8-6-5-7-9-23/h5-17,27H,18-21H2,1-4H3,(H,32,35)/t27-/m0/s1. The van der Waals surface area contributed by atoms with E-state index in [1.807, 2.05) is 58.0 Å². The predicted octanol–water partition coefficient (Wildman–Crippen LogP) is 6.17. The minimum absolute atomic E-state index is 0.107. The monoisotopic (exact) mass is 506 g/mol. The van der Waals surface area contributed by atoms with Gasteiger partial charge in [0.05, 0.1) is 0 Å². The van der Waals surface area contributed by atoms with Gasteiger partial charge in [-0.05, 0) is 63.1 Å². The lowest BCUT2D eigenvalue weighted by molar-refractivity contribution is -0.141. The van der Waals surface area contributed by atoms with Gasteiger partial charge in [-0.15, -0.1) is 11.8 Å². The van der Waals surface area contributed by atoms with Crippen molar-refractivity contribution in [2.75, 3.05) is 5.75 Å². The van der Waals surface area contributed by atoms with Crippen LogP contribution in [0.1, 0.15) is 43.9 Å². The molecule has 190 valence electrons. The lowest BCUT2D eigenvalue weighted by Crippen LogP contribution is -2.54. The van der Waals surface area contributed by atoms with Crippen LogP contribution in [0.5, 0.6) is 0 Å². The summed E-state index contributed by atoms with van der Waals surface area (Å²) < 4.78 is 13.5. The first kappa shape index (κ1) is 27.5. The number of hydrogen-bond acceptors (Lipinski definition) is 3. The summed E-state index contributed by atoms with van der Waals surface area (Å²) in [6, 6.07) is 23.3. The van der Waals surface area contributed by atoms with Gasteiger partial charge in [-0.2, -0.15) is 0 Å². The fourth-order valence-electron chi connectivity index (χ4n) is 3.83. The molecule has 0 unspecified atom stereocenters. The van der Waals surface area contributed by atoms with Gasteiger partial charge in [0.25, 0.3) is 0 Å². The van der Waals surface area contributed by atoms with Gasteiger partial charge in [0.15, 0.2) is 0 Å². The smallest absolute Gasteiger partial charge is 0.243 e. The lowest BCUT2D eigenvalue weighted by Gasteiger charge is -2.34. The quantitative estimate of drug-likeness (QED) is 0.335. The van der Waals surface area contributed by atoms with Crippen molar-refractivity contribution in [2.24, 2.45) is 0 Å². The summed E-state index contributed by atoms with van der Waals surface area (Å²) in [6.07, 6.45) is 0.675. The SMILES string of the molecule is Cc1ccc(SCCC(=O)N(Cc2ccc(F)cc2)[C@@H](Cc2ccccc2)C(=O)NC(C)(C)C)cc1. The summed E-state index contributed by atoms with van der Waals surface area (Å²) in [7, 11) is 0. The summed E-state index contributed by atoms with van der Waals surface area (Å²) in [5.41, 5.74) is 2.49. The van der Waals surface area contributed by atoms with Crippen molar-refractivity contribution in [1.82, 2.24) is 10.2 Å². The van der Waals surface area contributed by atoms with Crippen LogP contribution in [0.3, 0.4) is 0 Å². The number of nitrogens with one attached hydrogen (secondary N) is 1. The summed E-state index contributed by atoms with van der Waals surface area (Å²) in [5.74, 6) is -0.0461. The Labute approximate surface area is 218 Å². The Kier molecular flexibility index (Phi) is 9.71. The van der Waals surface area contributed by atoms with Crippen molar-refractivity contribution >= 4 is 23.6 Å². The second kappa shape index (κ2) is 12.7. The number of nitrogens with zero attached hydrogens (tertiary/aromatic N) is 1. The summed E-state index contributed by atoms with van der Waals surface area (Å²) in [5, 5.41) is 3.06. The molecule has 4 nitrogen and oxygen atoms in total. The fraction of sp³-hybridized carbons (Fsp3) is 0.333. The first-order valence-corrected chi connectivity index (χ1v) is 13.2. The molecule has 0 aliphatic rings. The van der Waals surface area contributed by atoms with E-state index in [0.717, 1.165) is 16.0 Å². The molecular weight excluding hydrogens is 471 g/mol. The number of carbonyl (C=O) groups is 2. The van der Waals surface area contributed by atoms with Crippen LogP contribution < -0.4 is 5.32 Å². The number of hydrogen-bond donors (Lipinski definition) is 1. The highest BCUT2D eigenvalue weighted by molar-refractivity contribution is 7.99. The molecule has 0 fully saturated rings. The van der Waals surface area contributed by atoms with Crippen LogP contribution in [0.25, 0.3) is 0 Å². The molecule has 2 amide bonds. The first-order chi connectivity index (χ1) is 17.1. The number of carbonyl (C=O) groups excluding carboxylic acids is 2. The van der Waals surface area contributed by atoms with Gasteiger partial charge in [-0.3, -0.25) is 9.59 Å². The molecule has 3 aromatic carbocycles. The van der Waals surface area contributed by atoms with E-state index >= 15 is 0 Å². The van der Waals surface area contributed by atoms with E-state index in [0.29, 0.717) is 12.2 Å². The van der Waals surface area contributed by atoms with Crippen LogP contribution in [-0.2, 0) is 22.6 Å². The van der Waals surface area contributed by atoms with Gasteiger partial charge in [0.2, 0.25) is 11.8 Å². The summed E-state index contributed by atoms with van der Waals surface area (Å²) in [6.45, 7) is 8.04. The van der Waals surface area contributed by atoms with Crippen molar-refractivity contribution in [3.8, 4) is 0 Å². The number of halogens is 1. The molecule has 0 heterocycles. The number of thioether (sulfide) groups is 1. The van der Waals surface area contributed by atoms with E-state index in [9.17, 15) is 14.0 Å². The lowest BCUT2D eigenvalue weighted by atomic mass is 10.0. The van der Waals surface area contributed by atoms with Gasteiger partial charge in [0, 0.05) is 35.6 Å². The van der Waals surface area contributed by atoms with E-state index in [1.54, 1.807) is 28.8 Å². The second-order valence-corrected chi connectivity index (χ2v) is 11.2. The van der Waals surface area contributed by atoms with Crippen molar-refractivity contribution in [1.29, 1.82) is 0 Å². The Morgan fingerprint density at radius 3 is 2.17 bits per heavy atom. The maximum Gasteiger partial charge on any atom is 0.243 e. The van der Waals surface area contributed by atoms with Crippen LogP contribution in [0.15, 0.2) is 83.8 Å². The van der Waals surface area contributed by atoms with E-state index < -0.39 is 11.6 Å². The molecule has 0 radical (unpaired) electrons. The van der Waals surface area contributed by atoms with Crippen LogP contribution >= 0.6 is 11.8 Å². The van der Waals surface area contributed by atoms with Crippen molar-refractivity contribution in [2.45, 2.75) is 63.6 Å². The van der Waals surface area contributed by atoms with Crippen molar-refractivity contribution in [3.63, 3.8) is 0 Å². The number of aryl methyl sites for hydroxylation is 1. The molecule has 36 heavy (non-hydrogen) atoms. The molecule has 0 aromatic heterocycles. The summed E-state index contributed by atoms with van der Waals surface area (Å²) >= 11 is 1.62. The highest BCUT2D eigenvalue weighted by atomic mass is 32.2. The average molecular weight is 507 g/mol.